The first-order chi connectivity index (χ1) is 8.05. The van der Waals surface area contributed by atoms with Crippen molar-refractivity contribution in [3.8, 4) is 0 Å². The molecule has 0 N–H and O–H groups in total. The topological polar surface area (TPSA) is 9.23 Å². The van der Waals surface area contributed by atoms with Crippen LogP contribution < -0.4 is 0 Å². The highest BCUT2D eigenvalue weighted by atomic mass is 32.2. The van der Waals surface area contributed by atoms with Crippen LogP contribution in [0.25, 0.3) is 0 Å². The third kappa shape index (κ3) is 3.67. The van der Waals surface area contributed by atoms with Crippen molar-refractivity contribution < 1.29 is 4.74 Å². The summed E-state index contributed by atoms with van der Waals surface area (Å²) in [6.07, 6.45) is 4.30. The zero-order chi connectivity index (χ0) is 12.3. The molecule has 0 saturated carbocycles. The third-order valence-corrected chi connectivity index (χ3v) is 3.55. The lowest BCUT2D eigenvalue weighted by Crippen LogP contribution is -2.23. The lowest BCUT2D eigenvalue weighted by molar-refractivity contribution is 0.0758. The Balaban J connectivity index is 2.02. The van der Waals surface area contributed by atoms with Gasteiger partial charge in [0, 0.05) is 10.7 Å². The van der Waals surface area contributed by atoms with Gasteiger partial charge in [0.05, 0.1) is 5.76 Å². The van der Waals surface area contributed by atoms with Gasteiger partial charge in [-0.2, -0.15) is 0 Å². The lowest BCUT2D eigenvalue weighted by atomic mass is 10.1. The summed E-state index contributed by atoms with van der Waals surface area (Å²) in [5, 5.41) is 0. The number of thioether (sulfide) groups is 1. The molecule has 0 aliphatic carbocycles. The van der Waals surface area contributed by atoms with Crippen LogP contribution in [0.1, 0.15) is 26.3 Å². The highest BCUT2D eigenvalue weighted by Gasteiger charge is 2.21. The maximum atomic E-state index is 5.73. The predicted molar refractivity (Wildman–Crippen MR) is 74.7 cm³/mol. The van der Waals surface area contributed by atoms with E-state index in [1.54, 1.807) is 0 Å². The number of ether oxygens (including phenoxy) is 1. The van der Waals surface area contributed by atoms with Crippen LogP contribution in [-0.4, -0.2) is 5.60 Å². The number of rotatable bonds is 3. The van der Waals surface area contributed by atoms with E-state index in [2.05, 4.69) is 56.3 Å². The minimum absolute atomic E-state index is 0.183. The average molecular weight is 246 g/mol. The van der Waals surface area contributed by atoms with Gasteiger partial charge >= 0.3 is 0 Å². The van der Waals surface area contributed by atoms with Crippen LogP contribution in [0.3, 0.4) is 0 Å². The molecule has 1 nitrogen and oxygen atoms in total. The lowest BCUT2D eigenvalue weighted by Gasteiger charge is -2.28. The van der Waals surface area contributed by atoms with Crippen molar-refractivity contribution in [2.75, 3.05) is 0 Å². The van der Waals surface area contributed by atoms with Crippen molar-refractivity contribution >= 4 is 11.8 Å². The van der Waals surface area contributed by atoms with Crippen molar-refractivity contribution in [2.45, 2.75) is 32.1 Å². The molecule has 0 spiro atoms. The van der Waals surface area contributed by atoms with E-state index in [4.69, 9.17) is 4.74 Å². The van der Waals surface area contributed by atoms with Crippen LogP contribution in [0.2, 0.25) is 0 Å². The number of allylic oxidation sites excluding steroid dienone is 2. The Kier molecular flexibility index (Phi) is 3.63. The van der Waals surface area contributed by atoms with Gasteiger partial charge in [-0.3, -0.25) is 0 Å². The maximum absolute atomic E-state index is 5.73. The molecule has 1 aromatic carbocycles. The molecule has 1 aliphatic rings. The molecular weight excluding hydrogens is 228 g/mol. The van der Waals surface area contributed by atoms with Crippen molar-refractivity contribution in [3.05, 3.63) is 58.7 Å². The second-order valence-electron chi connectivity index (χ2n) is 4.78. The van der Waals surface area contributed by atoms with Gasteiger partial charge in [-0.25, -0.2) is 0 Å². The Morgan fingerprint density at radius 3 is 2.53 bits per heavy atom. The number of hydrogen-bond donors (Lipinski definition) is 0. The van der Waals surface area contributed by atoms with E-state index in [-0.39, 0.29) is 5.60 Å². The molecule has 1 aromatic rings. The maximum Gasteiger partial charge on any atom is 0.122 e. The van der Waals surface area contributed by atoms with Crippen LogP contribution in [-0.2, 0) is 10.5 Å². The molecule has 0 amide bonds. The van der Waals surface area contributed by atoms with Crippen molar-refractivity contribution in [1.82, 2.24) is 0 Å². The molecule has 17 heavy (non-hydrogen) atoms. The monoisotopic (exact) mass is 246 g/mol. The Hall–Kier alpha value is -1.15. The smallest absolute Gasteiger partial charge is 0.122 e. The standard InChI is InChI=1S/C15H18OS/c1-12-9-14(10-15(2,3)16-12)17-11-13-7-5-4-6-8-13/h4-10H,11H2,1-3H3. The van der Waals surface area contributed by atoms with Crippen LogP contribution in [0.15, 0.2) is 53.1 Å². The highest BCUT2D eigenvalue weighted by Crippen LogP contribution is 2.32. The van der Waals surface area contributed by atoms with Crippen molar-refractivity contribution in [1.29, 1.82) is 0 Å². The molecule has 1 aliphatic heterocycles. The van der Waals surface area contributed by atoms with Crippen molar-refractivity contribution in [3.63, 3.8) is 0 Å². The highest BCUT2D eigenvalue weighted by molar-refractivity contribution is 8.02. The Morgan fingerprint density at radius 2 is 1.88 bits per heavy atom. The average Bonchev–Trinajstić information content (AvgIpc) is 2.25. The first kappa shape index (κ1) is 12.3. The minimum Gasteiger partial charge on any atom is -0.488 e. The fourth-order valence-corrected chi connectivity index (χ4v) is 3.02. The molecule has 2 rings (SSSR count). The molecule has 0 atom stereocenters. The van der Waals surface area contributed by atoms with E-state index in [9.17, 15) is 0 Å². The Bertz CT molecular complexity index is 443. The summed E-state index contributed by atoms with van der Waals surface area (Å²) in [5.41, 5.74) is 1.17. The van der Waals surface area contributed by atoms with Gasteiger partial charge in [0.15, 0.2) is 0 Å². The summed E-state index contributed by atoms with van der Waals surface area (Å²) < 4.78 is 5.73. The number of hydrogen-bond acceptors (Lipinski definition) is 2. The van der Waals surface area contributed by atoms with Gasteiger partial charge in [0.1, 0.15) is 5.60 Å². The quantitative estimate of drug-likeness (QED) is 0.775. The molecule has 0 aromatic heterocycles. The summed E-state index contributed by atoms with van der Waals surface area (Å²) in [6, 6.07) is 10.5. The van der Waals surface area contributed by atoms with Gasteiger partial charge in [-0.15, -0.1) is 11.8 Å². The normalized spacial score (nSPS) is 18.1. The molecule has 90 valence electrons. The second kappa shape index (κ2) is 5.01. The van der Waals surface area contributed by atoms with E-state index in [1.165, 1.54) is 10.5 Å². The molecule has 0 radical (unpaired) electrons. The Morgan fingerprint density at radius 1 is 1.18 bits per heavy atom. The molecular formula is C15H18OS. The third-order valence-electron chi connectivity index (χ3n) is 2.51. The van der Waals surface area contributed by atoms with E-state index in [0.717, 1.165) is 11.5 Å². The van der Waals surface area contributed by atoms with Gasteiger partial charge < -0.3 is 4.74 Å². The minimum atomic E-state index is -0.183. The fourth-order valence-electron chi connectivity index (χ4n) is 1.88. The SMILES string of the molecule is CC1=CC(SCc2ccccc2)=CC(C)(C)O1. The summed E-state index contributed by atoms with van der Waals surface area (Å²) in [5.74, 6) is 2.00. The predicted octanol–water partition coefficient (Wildman–Crippen LogP) is 4.52. The van der Waals surface area contributed by atoms with E-state index < -0.39 is 0 Å². The van der Waals surface area contributed by atoms with Gasteiger partial charge in [-0.1, -0.05) is 30.3 Å². The fraction of sp³-hybridized carbons (Fsp3) is 0.333. The van der Waals surface area contributed by atoms with Gasteiger partial charge in [-0.05, 0) is 38.5 Å². The summed E-state index contributed by atoms with van der Waals surface area (Å²) >= 11 is 1.86. The Labute approximate surface area is 108 Å². The van der Waals surface area contributed by atoms with E-state index in [0.29, 0.717) is 0 Å². The zero-order valence-electron chi connectivity index (χ0n) is 10.6. The molecule has 0 bridgehead atoms. The largest absolute Gasteiger partial charge is 0.488 e. The molecule has 0 fully saturated rings. The molecule has 2 heteroatoms. The van der Waals surface area contributed by atoms with Crippen LogP contribution in [0, 0.1) is 0 Å². The summed E-state index contributed by atoms with van der Waals surface area (Å²) in [6.45, 7) is 6.19. The van der Waals surface area contributed by atoms with E-state index >= 15 is 0 Å². The first-order valence-electron chi connectivity index (χ1n) is 5.82. The van der Waals surface area contributed by atoms with Gasteiger partial charge in [0.2, 0.25) is 0 Å². The molecule has 0 unspecified atom stereocenters. The van der Waals surface area contributed by atoms with Crippen LogP contribution in [0.4, 0.5) is 0 Å². The first-order valence-corrected chi connectivity index (χ1v) is 6.81. The van der Waals surface area contributed by atoms with Crippen molar-refractivity contribution in [2.24, 2.45) is 0 Å². The van der Waals surface area contributed by atoms with Gasteiger partial charge in [0.25, 0.3) is 0 Å². The van der Waals surface area contributed by atoms with Crippen LogP contribution in [0.5, 0.6) is 0 Å². The summed E-state index contributed by atoms with van der Waals surface area (Å²) in [7, 11) is 0. The van der Waals surface area contributed by atoms with Crippen LogP contribution >= 0.6 is 11.8 Å². The second-order valence-corrected chi connectivity index (χ2v) is 5.83. The number of benzene rings is 1. The van der Waals surface area contributed by atoms with E-state index in [1.807, 2.05) is 18.7 Å². The molecule has 1 heterocycles. The molecule has 0 saturated heterocycles. The summed E-state index contributed by atoms with van der Waals surface area (Å²) in [4.78, 5) is 1.29. The zero-order valence-corrected chi connectivity index (χ0v) is 11.4.